The Bertz CT molecular complexity index is 986. The molecule has 3 aliphatic rings. The Labute approximate surface area is 176 Å². The number of likely N-dealkylation sites (tertiary alicyclic amines) is 1. The predicted octanol–water partition coefficient (Wildman–Crippen LogP) is 2.68. The lowest BCUT2D eigenvalue weighted by atomic mass is 9.74. The second kappa shape index (κ2) is 7.15. The lowest BCUT2D eigenvalue weighted by molar-refractivity contribution is -0.129. The van der Waals surface area contributed by atoms with Crippen LogP contribution in [0.3, 0.4) is 0 Å². The first-order chi connectivity index (χ1) is 14.4. The Kier molecular flexibility index (Phi) is 4.56. The Morgan fingerprint density at radius 1 is 1.23 bits per heavy atom. The van der Waals surface area contributed by atoms with Gasteiger partial charge in [0.2, 0.25) is 11.8 Å². The molecule has 0 spiro atoms. The van der Waals surface area contributed by atoms with Crippen LogP contribution in [-0.4, -0.2) is 44.3 Å². The zero-order valence-corrected chi connectivity index (χ0v) is 17.5. The standard InChI is InChI=1S/C23H27N5O2/c1-23(2)10-18-17(12-25-21(26-18)14-5-7-24-8-6-14)19(11-23)27-22(30)15-9-20(29)28(13-15)16-3-4-16/h5-8,12,15-16,19H,3-4,9-11,13H2,1-2H3,(H,27,30)/t15-,19+/m0/s1. The maximum absolute atomic E-state index is 13.0. The lowest BCUT2D eigenvalue weighted by Crippen LogP contribution is -2.40. The van der Waals surface area contributed by atoms with Gasteiger partial charge in [0.25, 0.3) is 0 Å². The number of carbonyl (C=O) groups excluding carboxylic acids is 2. The summed E-state index contributed by atoms with van der Waals surface area (Å²) >= 11 is 0. The molecule has 1 saturated carbocycles. The van der Waals surface area contributed by atoms with Crippen molar-refractivity contribution in [2.24, 2.45) is 11.3 Å². The number of amides is 2. The Morgan fingerprint density at radius 3 is 2.73 bits per heavy atom. The van der Waals surface area contributed by atoms with Crippen LogP contribution in [0, 0.1) is 11.3 Å². The minimum atomic E-state index is -0.261. The number of pyridine rings is 1. The van der Waals surface area contributed by atoms with Gasteiger partial charge in [0, 0.05) is 48.7 Å². The van der Waals surface area contributed by atoms with Crippen LogP contribution in [0.25, 0.3) is 11.4 Å². The molecular weight excluding hydrogens is 378 g/mol. The van der Waals surface area contributed by atoms with E-state index in [9.17, 15) is 9.59 Å². The van der Waals surface area contributed by atoms with Crippen molar-refractivity contribution in [2.45, 2.75) is 58.0 Å². The lowest BCUT2D eigenvalue weighted by Gasteiger charge is -2.37. The van der Waals surface area contributed by atoms with Gasteiger partial charge >= 0.3 is 0 Å². The summed E-state index contributed by atoms with van der Waals surface area (Å²) < 4.78 is 0. The maximum Gasteiger partial charge on any atom is 0.225 e. The number of hydrogen-bond donors (Lipinski definition) is 1. The van der Waals surface area contributed by atoms with E-state index in [1.165, 1.54) is 0 Å². The summed E-state index contributed by atoms with van der Waals surface area (Å²) in [5.74, 6) is 0.509. The Balaban J connectivity index is 1.37. The summed E-state index contributed by atoms with van der Waals surface area (Å²) in [7, 11) is 0. The predicted molar refractivity (Wildman–Crippen MR) is 111 cm³/mol. The van der Waals surface area contributed by atoms with Crippen molar-refractivity contribution in [3.8, 4) is 11.4 Å². The van der Waals surface area contributed by atoms with Crippen LogP contribution >= 0.6 is 0 Å². The van der Waals surface area contributed by atoms with E-state index in [-0.39, 0.29) is 29.2 Å². The van der Waals surface area contributed by atoms with E-state index in [1.54, 1.807) is 12.4 Å². The zero-order chi connectivity index (χ0) is 20.9. The molecule has 30 heavy (non-hydrogen) atoms. The largest absolute Gasteiger partial charge is 0.349 e. The average Bonchev–Trinajstić information content (AvgIpc) is 3.48. The van der Waals surface area contributed by atoms with Gasteiger partial charge < -0.3 is 10.2 Å². The smallest absolute Gasteiger partial charge is 0.225 e. The van der Waals surface area contributed by atoms with Crippen LogP contribution in [0.2, 0.25) is 0 Å². The van der Waals surface area contributed by atoms with Gasteiger partial charge in [-0.05, 0) is 43.2 Å². The van der Waals surface area contributed by atoms with Crippen molar-refractivity contribution < 1.29 is 9.59 Å². The summed E-state index contributed by atoms with van der Waals surface area (Å²) in [5.41, 5.74) is 2.92. The summed E-state index contributed by atoms with van der Waals surface area (Å²) in [6.07, 6.45) is 9.46. The molecule has 0 unspecified atom stereocenters. The number of hydrogen-bond acceptors (Lipinski definition) is 5. The Morgan fingerprint density at radius 2 is 2.00 bits per heavy atom. The van der Waals surface area contributed by atoms with Crippen LogP contribution in [0.15, 0.2) is 30.7 Å². The average molecular weight is 406 g/mol. The minimum Gasteiger partial charge on any atom is -0.349 e. The van der Waals surface area contributed by atoms with E-state index >= 15 is 0 Å². The summed E-state index contributed by atoms with van der Waals surface area (Å²) in [6.45, 7) is 4.96. The summed E-state index contributed by atoms with van der Waals surface area (Å²) in [4.78, 5) is 40.6. The van der Waals surface area contributed by atoms with E-state index < -0.39 is 0 Å². The maximum atomic E-state index is 13.0. The monoisotopic (exact) mass is 405 g/mol. The third kappa shape index (κ3) is 3.68. The van der Waals surface area contributed by atoms with Crippen molar-refractivity contribution in [3.05, 3.63) is 42.0 Å². The second-order valence-corrected chi connectivity index (χ2v) is 9.62. The van der Waals surface area contributed by atoms with Crippen LogP contribution < -0.4 is 5.32 Å². The molecule has 1 N–H and O–H groups in total. The fourth-order valence-corrected chi connectivity index (χ4v) is 4.75. The fraction of sp³-hybridized carbons (Fsp3) is 0.522. The van der Waals surface area contributed by atoms with Crippen LogP contribution in [0.1, 0.15) is 56.8 Å². The van der Waals surface area contributed by atoms with Gasteiger partial charge in [0.1, 0.15) is 0 Å². The molecule has 0 bridgehead atoms. The van der Waals surface area contributed by atoms with Crippen LogP contribution in [-0.2, 0) is 16.0 Å². The molecule has 1 saturated heterocycles. The van der Waals surface area contributed by atoms with Gasteiger partial charge in [-0.15, -0.1) is 0 Å². The molecule has 2 amide bonds. The molecule has 1 aliphatic heterocycles. The molecule has 7 nitrogen and oxygen atoms in total. The second-order valence-electron chi connectivity index (χ2n) is 9.62. The quantitative estimate of drug-likeness (QED) is 0.845. The molecule has 2 aromatic heterocycles. The summed E-state index contributed by atoms with van der Waals surface area (Å²) in [6, 6.07) is 4.03. The highest BCUT2D eigenvalue weighted by Gasteiger charge is 2.43. The summed E-state index contributed by atoms with van der Waals surface area (Å²) in [5, 5.41) is 3.22. The number of fused-ring (bicyclic) bond motifs is 1. The third-order valence-electron chi connectivity index (χ3n) is 6.45. The molecule has 0 radical (unpaired) electrons. The van der Waals surface area contributed by atoms with Crippen molar-refractivity contribution in [1.29, 1.82) is 0 Å². The van der Waals surface area contributed by atoms with Crippen molar-refractivity contribution in [1.82, 2.24) is 25.2 Å². The van der Waals surface area contributed by atoms with Crippen LogP contribution in [0.4, 0.5) is 0 Å². The topological polar surface area (TPSA) is 88.1 Å². The van der Waals surface area contributed by atoms with Gasteiger partial charge in [-0.1, -0.05) is 13.8 Å². The highest BCUT2D eigenvalue weighted by atomic mass is 16.2. The van der Waals surface area contributed by atoms with Crippen molar-refractivity contribution >= 4 is 11.8 Å². The molecule has 5 rings (SSSR count). The van der Waals surface area contributed by atoms with Gasteiger partial charge in [-0.3, -0.25) is 14.6 Å². The van der Waals surface area contributed by atoms with Crippen LogP contribution in [0.5, 0.6) is 0 Å². The minimum absolute atomic E-state index is 0.0142. The van der Waals surface area contributed by atoms with E-state index in [4.69, 9.17) is 4.98 Å². The normalized spacial score (nSPS) is 25.1. The van der Waals surface area contributed by atoms with E-state index in [2.05, 4.69) is 29.1 Å². The van der Waals surface area contributed by atoms with Crippen molar-refractivity contribution in [2.75, 3.05) is 6.54 Å². The molecular formula is C23H27N5O2. The molecule has 2 aromatic rings. The highest BCUT2D eigenvalue weighted by Crippen LogP contribution is 2.41. The number of carbonyl (C=O) groups is 2. The van der Waals surface area contributed by atoms with Gasteiger partial charge in [0.05, 0.1) is 17.7 Å². The fourth-order valence-electron chi connectivity index (χ4n) is 4.75. The zero-order valence-electron chi connectivity index (χ0n) is 17.5. The number of nitrogens with one attached hydrogen (secondary N) is 1. The molecule has 156 valence electrons. The first-order valence-corrected chi connectivity index (χ1v) is 10.8. The molecule has 2 aliphatic carbocycles. The Hall–Kier alpha value is -2.83. The molecule has 7 heteroatoms. The molecule has 2 fully saturated rings. The van der Waals surface area contributed by atoms with E-state index in [0.717, 1.165) is 42.5 Å². The van der Waals surface area contributed by atoms with Gasteiger partial charge in [-0.2, -0.15) is 0 Å². The van der Waals surface area contributed by atoms with Crippen molar-refractivity contribution in [3.63, 3.8) is 0 Å². The first kappa shape index (κ1) is 19.2. The SMILES string of the molecule is CC1(C)Cc2nc(-c3ccncc3)ncc2[C@H](NC(=O)[C@H]2CC(=O)N(C3CC3)C2)C1. The molecule has 2 atom stereocenters. The number of aromatic nitrogens is 3. The molecule has 3 heterocycles. The molecule has 0 aromatic carbocycles. The van der Waals surface area contributed by atoms with Gasteiger partial charge in [0.15, 0.2) is 5.82 Å². The van der Waals surface area contributed by atoms with E-state index in [1.807, 2.05) is 23.2 Å². The van der Waals surface area contributed by atoms with Gasteiger partial charge in [-0.25, -0.2) is 9.97 Å². The number of rotatable bonds is 4. The number of nitrogens with zero attached hydrogens (tertiary/aromatic N) is 4. The third-order valence-corrected chi connectivity index (χ3v) is 6.45. The highest BCUT2D eigenvalue weighted by molar-refractivity contribution is 5.89. The van der Waals surface area contributed by atoms with E-state index in [0.29, 0.717) is 24.8 Å². The first-order valence-electron chi connectivity index (χ1n) is 10.8.